The lowest BCUT2D eigenvalue weighted by molar-refractivity contribution is -0.116. The SMILES string of the molecule is Cc1ccc2c(=O)c(C(=O)c3ccc(Cl)cc3)cn(CC(=O)Nc3cccc(C)c3C)c2n1. The fourth-order valence-electron chi connectivity index (χ4n) is 3.63. The number of pyridine rings is 2. The lowest BCUT2D eigenvalue weighted by Crippen LogP contribution is -2.25. The highest BCUT2D eigenvalue weighted by molar-refractivity contribution is 6.30. The molecule has 1 N–H and O–H groups in total. The summed E-state index contributed by atoms with van der Waals surface area (Å²) in [6, 6.07) is 15.4. The molecule has 7 heteroatoms. The summed E-state index contributed by atoms with van der Waals surface area (Å²) in [5.41, 5.74) is 3.68. The molecule has 1 amide bonds. The number of carbonyl (C=O) groups is 2. The van der Waals surface area contributed by atoms with E-state index in [1.807, 2.05) is 32.0 Å². The summed E-state index contributed by atoms with van der Waals surface area (Å²) in [5.74, 6) is -0.732. The lowest BCUT2D eigenvalue weighted by Gasteiger charge is -2.14. The number of rotatable bonds is 5. The summed E-state index contributed by atoms with van der Waals surface area (Å²) in [4.78, 5) is 43.6. The fraction of sp³-hybridized carbons (Fsp3) is 0.154. The molecule has 0 fully saturated rings. The monoisotopic (exact) mass is 459 g/mol. The highest BCUT2D eigenvalue weighted by atomic mass is 35.5. The van der Waals surface area contributed by atoms with Gasteiger partial charge in [-0.2, -0.15) is 0 Å². The van der Waals surface area contributed by atoms with Gasteiger partial charge in [0.05, 0.1) is 10.9 Å². The van der Waals surface area contributed by atoms with Crippen molar-refractivity contribution in [1.29, 1.82) is 0 Å². The molecule has 0 aliphatic carbocycles. The van der Waals surface area contributed by atoms with E-state index in [0.717, 1.165) is 11.1 Å². The number of anilines is 1. The highest BCUT2D eigenvalue weighted by Crippen LogP contribution is 2.19. The van der Waals surface area contributed by atoms with Crippen molar-refractivity contribution in [2.75, 3.05) is 5.32 Å². The van der Waals surface area contributed by atoms with Gasteiger partial charge in [0.15, 0.2) is 5.78 Å². The van der Waals surface area contributed by atoms with Crippen molar-refractivity contribution in [3.05, 3.63) is 104 Å². The molecule has 166 valence electrons. The third kappa shape index (κ3) is 4.56. The number of halogens is 1. The van der Waals surface area contributed by atoms with Crippen molar-refractivity contribution >= 4 is 40.0 Å². The number of fused-ring (bicyclic) bond motifs is 1. The number of nitrogens with zero attached hydrogens (tertiary/aromatic N) is 2. The van der Waals surface area contributed by atoms with Crippen molar-refractivity contribution in [1.82, 2.24) is 9.55 Å². The molecule has 4 rings (SSSR count). The molecule has 0 spiro atoms. The van der Waals surface area contributed by atoms with E-state index in [1.54, 1.807) is 47.9 Å². The maximum absolute atomic E-state index is 13.1. The first-order chi connectivity index (χ1) is 15.7. The van der Waals surface area contributed by atoms with Gasteiger partial charge in [-0.15, -0.1) is 0 Å². The van der Waals surface area contributed by atoms with Crippen LogP contribution in [0.25, 0.3) is 11.0 Å². The minimum atomic E-state index is -0.442. The second-order valence-corrected chi connectivity index (χ2v) is 8.39. The molecule has 4 aromatic rings. The van der Waals surface area contributed by atoms with E-state index in [0.29, 0.717) is 27.6 Å². The maximum atomic E-state index is 13.1. The Morgan fingerprint density at radius 3 is 2.45 bits per heavy atom. The number of aryl methyl sites for hydroxylation is 2. The Labute approximate surface area is 195 Å². The number of amides is 1. The van der Waals surface area contributed by atoms with Gasteiger partial charge in [-0.3, -0.25) is 14.4 Å². The second kappa shape index (κ2) is 9.00. The average molecular weight is 460 g/mol. The molecule has 2 heterocycles. The van der Waals surface area contributed by atoms with Crippen LogP contribution in [0.2, 0.25) is 5.02 Å². The summed E-state index contributed by atoms with van der Waals surface area (Å²) in [7, 11) is 0. The third-order valence-electron chi connectivity index (χ3n) is 5.60. The summed E-state index contributed by atoms with van der Waals surface area (Å²) in [6.45, 7) is 5.60. The number of benzene rings is 2. The zero-order chi connectivity index (χ0) is 23.7. The molecule has 0 saturated carbocycles. The Morgan fingerprint density at radius 1 is 1.00 bits per heavy atom. The van der Waals surface area contributed by atoms with Gasteiger partial charge < -0.3 is 9.88 Å². The normalized spacial score (nSPS) is 10.9. The smallest absolute Gasteiger partial charge is 0.244 e. The Hall–Kier alpha value is -3.77. The number of hydrogen-bond acceptors (Lipinski definition) is 4. The van der Waals surface area contributed by atoms with Gasteiger partial charge in [0, 0.05) is 28.2 Å². The van der Waals surface area contributed by atoms with Crippen molar-refractivity contribution in [3.63, 3.8) is 0 Å². The quantitative estimate of drug-likeness (QED) is 0.433. The van der Waals surface area contributed by atoms with Crippen molar-refractivity contribution in [2.24, 2.45) is 0 Å². The van der Waals surface area contributed by atoms with E-state index >= 15 is 0 Å². The average Bonchev–Trinajstić information content (AvgIpc) is 2.79. The molecular weight excluding hydrogens is 438 g/mol. The van der Waals surface area contributed by atoms with E-state index in [4.69, 9.17) is 11.6 Å². The number of ketones is 1. The largest absolute Gasteiger partial charge is 0.324 e. The lowest BCUT2D eigenvalue weighted by atomic mass is 10.0. The van der Waals surface area contributed by atoms with Crippen LogP contribution in [-0.2, 0) is 11.3 Å². The minimum Gasteiger partial charge on any atom is -0.324 e. The zero-order valence-electron chi connectivity index (χ0n) is 18.5. The number of hydrogen-bond donors (Lipinski definition) is 1. The van der Waals surface area contributed by atoms with Crippen LogP contribution in [0.5, 0.6) is 0 Å². The molecule has 0 radical (unpaired) electrons. The molecule has 0 unspecified atom stereocenters. The van der Waals surface area contributed by atoms with E-state index in [2.05, 4.69) is 10.3 Å². The molecular formula is C26H22ClN3O3. The summed E-state index contributed by atoms with van der Waals surface area (Å²) in [6.07, 6.45) is 1.41. The van der Waals surface area contributed by atoms with E-state index in [9.17, 15) is 14.4 Å². The summed E-state index contributed by atoms with van der Waals surface area (Å²) in [5, 5.41) is 3.68. The van der Waals surface area contributed by atoms with Gasteiger partial charge in [0.1, 0.15) is 12.2 Å². The van der Waals surface area contributed by atoms with Gasteiger partial charge in [-0.1, -0.05) is 23.7 Å². The van der Waals surface area contributed by atoms with Crippen LogP contribution in [0.15, 0.2) is 65.6 Å². The first-order valence-corrected chi connectivity index (χ1v) is 10.8. The summed E-state index contributed by atoms with van der Waals surface area (Å²) >= 11 is 5.93. The van der Waals surface area contributed by atoms with Crippen LogP contribution in [0.3, 0.4) is 0 Å². The predicted octanol–water partition coefficient (Wildman–Crippen LogP) is 4.84. The Morgan fingerprint density at radius 2 is 1.73 bits per heavy atom. The Kier molecular flexibility index (Phi) is 6.11. The molecule has 0 aliphatic heterocycles. The highest BCUT2D eigenvalue weighted by Gasteiger charge is 2.19. The molecule has 2 aromatic heterocycles. The van der Waals surface area contributed by atoms with Crippen LogP contribution in [-0.4, -0.2) is 21.2 Å². The fourth-order valence-corrected chi connectivity index (χ4v) is 3.76. The van der Waals surface area contributed by atoms with E-state index in [-0.39, 0.29) is 23.4 Å². The minimum absolute atomic E-state index is 0.0324. The molecule has 0 aliphatic rings. The standard InChI is InChI=1S/C26H22ClN3O3/c1-15-5-4-6-22(17(15)3)29-23(31)14-30-13-21(24(32)18-8-10-19(27)11-9-18)25(33)20-12-7-16(2)28-26(20)30/h4-13H,14H2,1-3H3,(H,29,31). The van der Waals surface area contributed by atoms with E-state index < -0.39 is 11.2 Å². The van der Waals surface area contributed by atoms with Crippen LogP contribution >= 0.6 is 11.6 Å². The van der Waals surface area contributed by atoms with Crippen LogP contribution in [0.1, 0.15) is 32.7 Å². The Bertz CT molecular complexity index is 1460. The second-order valence-electron chi connectivity index (χ2n) is 7.96. The Balaban J connectivity index is 1.77. The van der Waals surface area contributed by atoms with E-state index in [1.165, 1.54) is 6.20 Å². The topological polar surface area (TPSA) is 81.1 Å². The van der Waals surface area contributed by atoms with Gasteiger partial charge in [-0.25, -0.2) is 4.98 Å². The maximum Gasteiger partial charge on any atom is 0.244 e. The van der Waals surface area contributed by atoms with Crippen molar-refractivity contribution in [2.45, 2.75) is 27.3 Å². The number of nitrogens with one attached hydrogen (secondary N) is 1. The van der Waals surface area contributed by atoms with Crippen molar-refractivity contribution < 1.29 is 9.59 Å². The van der Waals surface area contributed by atoms with Gasteiger partial charge in [0.25, 0.3) is 0 Å². The predicted molar refractivity (Wildman–Crippen MR) is 130 cm³/mol. The van der Waals surface area contributed by atoms with Gasteiger partial charge in [-0.05, 0) is 74.4 Å². The zero-order valence-corrected chi connectivity index (χ0v) is 19.2. The summed E-state index contributed by atoms with van der Waals surface area (Å²) < 4.78 is 1.55. The molecule has 0 atom stereocenters. The molecule has 0 bridgehead atoms. The molecule has 6 nitrogen and oxygen atoms in total. The number of carbonyl (C=O) groups excluding carboxylic acids is 2. The molecule has 33 heavy (non-hydrogen) atoms. The van der Waals surface area contributed by atoms with Crippen LogP contribution in [0, 0.1) is 20.8 Å². The van der Waals surface area contributed by atoms with Crippen LogP contribution in [0.4, 0.5) is 5.69 Å². The third-order valence-corrected chi connectivity index (χ3v) is 5.86. The first-order valence-electron chi connectivity index (χ1n) is 10.4. The van der Waals surface area contributed by atoms with Crippen LogP contribution < -0.4 is 10.7 Å². The first kappa shape index (κ1) is 22.4. The number of aromatic nitrogens is 2. The van der Waals surface area contributed by atoms with Crippen molar-refractivity contribution in [3.8, 4) is 0 Å². The van der Waals surface area contributed by atoms with Gasteiger partial charge >= 0.3 is 0 Å². The molecule has 2 aromatic carbocycles. The molecule has 0 saturated heterocycles. The van der Waals surface area contributed by atoms with Gasteiger partial charge in [0.2, 0.25) is 11.3 Å².